The molecular weight excluding hydrogens is 278 g/mol. The summed E-state index contributed by atoms with van der Waals surface area (Å²) in [7, 11) is -3.01. The molecule has 2 fully saturated rings. The highest BCUT2D eigenvalue weighted by Gasteiger charge is 2.32. The Morgan fingerprint density at radius 1 is 1.41 bits per heavy atom. The molecule has 0 bridgehead atoms. The van der Waals surface area contributed by atoms with E-state index < -0.39 is 10.0 Å². The second-order valence-corrected chi connectivity index (χ2v) is 8.80. The van der Waals surface area contributed by atoms with Gasteiger partial charge in [0.2, 0.25) is 10.0 Å². The summed E-state index contributed by atoms with van der Waals surface area (Å²) in [5.74, 6) is 3.27. The summed E-state index contributed by atoms with van der Waals surface area (Å²) in [6.45, 7) is 1.39. The van der Waals surface area contributed by atoms with Gasteiger partial charge in [-0.15, -0.1) is 11.6 Å². The number of halogens is 1. The lowest BCUT2D eigenvalue weighted by atomic mass is 9.88. The molecule has 0 radical (unpaired) electrons. The number of nitrogens with zero attached hydrogens (tertiary/aromatic N) is 1. The van der Waals surface area contributed by atoms with Gasteiger partial charge in [0, 0.05) is 24.2 Å². The summed E-state index contributed by atoms with van der Waals surface area (Å²) >= 11 is 8.19. The molecule has 2 aliphatic rings. The van der Waals surface area contributed by atoms with Crippen LogP contribution in [0.3, 0.4) is 0 Å². The molecule has 100 valence electrons. The van der Waals surface area contributed by atoms with Gasteiger partial charge in [-0.2, -0.15) is 11.8 Å². The van der Waals surface area contributed by atoms with Gasteiger partial charge in [0.25, 0.3) is 0 Å². The molecule has 0 aromatic rings. The van der Waals surface area contributed by atoms with Gasteiger partial charge in [0.15, 0.2) is 0 Å². The summed E-state index contributed by atoms with van der Waals surface area (Å²) in [5.41, 5.74) is 0. The number of hydrogen-bond acceptors (Lipinski definition) is 3. The number of hydrogen-bond donors (Lipinski definition) is 0. The molecule has 3 unspecified atom stereocenters. The Kier molecular flexibility index (Phi) is 4.67. The monoisotopic (exact) mass is 297 g/mol. The van der Waals surface area contributed by atoms with Crippen LogP contribution in [0.5, 0.6) is 0 Å². The molecule has 2 rings (SSSR count). The molecule has 0 saturated carbocycles. The lowest BCUT2D eigenvalue weighted by Gasteiger charge is -2.32. The Bertz CT molecular complexity index is 360. The van der Waals surface area contributed by atoms with Crippen molar-refractivity contribution in [2.45, 2.75) is 24.6 Å². The van der Waals surface area contributed by atoms with Crippen molar-refractivity contribution < 1.29 is 8.42 Å². The molecule has 0 N–H and O–H groups in total. The average molecular weight is 298 g/mol. The molecule has 3 atom stereocenters. The summed E-state index contributed by atoms with van der Waals surface area (Å²) in [6.07, 6.45) is 4.54. The van der Waals surface area contributed by atoms with Gasteiger partial charge in [-0.1, -0.05) is 0 Å². The largest absolute Gasteiger partial charge is 0.213 e. The van der Waals surface area contributed by atoms with E-state index in [0.29, 0.717) is 24.9 Å². The second kappa shape index (κ2) is 5.68. The number of thioether (sulfide) groups is 1. The normalized spacial score (nSPS) is 36.2. The number of sulfonamides is 1. The first-order chi connectivity index (χ1) is 7.97. The third kappa shape index (κ3) is 3.75. The molecule has 17 heavy (non-hydrogen) atoms. The summed E-state index contributed by atoms with van der Waals surface area (Å²) < 4.78 is 24.7. The van der Waals surface area contributed by atoms with Crippen LogP contribution in [0, 0.1) is 11.8 Å². The van der Waals surface area contributed by atoms with Crippen LogP contribution >= 0.6 is 23.4 Å². The van der Waals surface area contributed by atoms with Gasteiger partial charge >= 0.3 is 0 Å². The molecule has 2 heterocycles. The fourth-order valence-electron chi connectivity index (χ4n) is 2.74. The first kappa shape index (κ1) is 14.0. The van der Waals surface area contributed by atoms with E-state index in [4.69, 9.17) is 11.6 Å². The topological polar surface area (TPSA) is 37.4 Å². The van der Waals surface area contributed by atoms with E-state index in [1.54, 1.807) is 4.31 Å². The maximum absolute atomic E-state index is 11.5. The summed E-state index contributed by atoms with van der Waals surface area (Å²) in [4.78, 5) is 0. The van der Waals surface area contributed by atoms with Crippen LogP contribution in [0.1, 0.15) is 19.3 Å². The van der Waals surface area contributed by atoms with Gasteiger partial charge in [-0.05, 0) is 36.9 Å². The molecular formula is C11H20ClNO2S2. The van der Waals surface area contributed by atoms with Crippen molar-refractivity contribution in [1.82, 2.24) is 4.31 Å². The van der Waals surface area contributed by atoms with E-state index in [2.05, 4.69) is 0 Å². The average Bonchev–Trinajstić information content (AvgIpc) is 2.64. The van der Waals surface area contributed by atoms with Crippen molar-refractivity contribution >= 4 is 33.4 Å². The first-order valence-corrected chi connectivity index (χ1v) is 9.57. The quantitative estimate of drug-likeness (QED) is 0.748. The van der Waals surface area contributed by atoms with Crippen LogP contribution in [-0.4, -0.2) is 49.0 Å². The zero-order valence-electron chi connectivity index (χ0n) is 10.1. The van der Waals surface area contributed by atoms with Gasteiger partial charge in [0.05, 0.1) is 6.26 Å². The highest BCUT2D eigenvalue weighted by molar-refractivity contribution is 7.99. The van der Waals surface area contributed by atoms with Crippen LogP contribution in [0.2, 0.25) is 0 Å². The standard InChI is InChI=1S/C11H20ClNO2S2/c1-17(14,15)13-4-2-3-9(6-13)5-10-7-16-8-11(10)12/h9-11H,2-8H2,1H3. The molecule has 0 aromatic heterocycles. The Morgan fingerprint density at radius 2 is 2.18 bits per heavy atom. The Hall–Kier alpha value is 0.550. The van der Waals surface area contributed by atoms with Crippen molar-refractivity contribution in [2.24, 2.45) is 11.8 Å². The van der Waals surface area contributed by atoms with Gasteiger partial charge in [-0.3, -0.25) is 0 Å². The van der Waals surface area contributed by atoms with E-state index in [1.165, 1.54) is 6.26 Å². The lowest BCUT2D eigenvalue weighted by molar-refractivity contribution is 0.237. The van der Waals surface area contributed by atoms with Gasteiger partial charge in [0.1, 0.15) is 0 Å². The zero-order chi connectivity index (χ0) is 12.5. The fraction of sp³-hybridized carbons (Fsp3) is 1.00. The fourth-order valence-corrected chi connectivity index (χ4v) is 5.55. The van der Waals surface area contributed by atoms with Crippen LogP contribution < -0.4 is 0 Å². The highest BCUT2D eigenvalue weighted by atomic mass is 35.5. The third-order valence-corrected chi connectivity index (χ3v) is 6.93. The van der Waals surface area contributed by atoms with Crippen molar-refractivity contribution in [1.29, 1.82) is 0 Å². The summed E-state index contributed by atoms with van der Waals surface area (Å²) in [5, 5.41) is 0.286. The van der Waals surface area contributed by atoms with E-state index in [9.17, 15) is 8.42 Å². The van der Waals surface area contributed by atoms with Crippen molar-refractivity contribution in [2.75, 3.05) is 30.9 Å². The first-order valence-electron chi connectivity index (χ1n) is 6.14. The van der Waals surface area contributed by atoms with E-state index in [0.717, 1.165) is 30.8 Å². The minimum absolute atomic E-state index is 0.286. The van der Waals surface area contributed by atoms with Crippen LogP contribution in [0.4, 0.5) is 0 Å². The molecule has 2 aliphatic heterocycles. The minimum atomic E-state index is -3.01. The van der Waals surface area contributed by atoms with Crippen LogP contribution in [0.15, 0.2) is 0 Å². The predicted molar refractivity (Wildman–Crippen MR) is 74.2 cm³/mol. The third-order valence-electron chi connectivity index (χ3n) is 3.71. The van der Waals surface area contributed by atoms with Crippen molar-refractivity contribution in [3.63, 3.8) is 0 Å². The number of alkyl halides is 1. The van der Waals surface area contributed by atoms with E-state index in [-0.39, 0.29) is 5.38 Å². The second-order valence-electron chi connectivity index (χ2n) is 5.18. The van der Waals surface area contributed by atoms with Gasteiger partial charge < -0.3 is 0 Å². The van der Waals surface area contributed by atoms with Gasteiger partial charge in [-0.25, -0.2) is 12.7 Å². The van der Waals surface area contributed by atoms with E-state index >= 15 is 0 Å². The molecule has 0 amide bonds. The number of rotatable bonds is 3. The van der Waals surface area contributed by atoms with Crippen LogP contribution in [-0.2, 0) is 10.0 Å². The molecule has 6 heteroatoms. The maximum Gasteiger partial charge on any atom is 0.211 e. The Labute approximate surface area is 113 Å². The van der Waals surface area contributed by atoms with Crippen molar-refractivity contribution in [3.05, 3.63) is 0 Å². The summed E-state index contributed by atoms with van der Waals surface area (Å²) in [6, 6.07) is 0. The lowest BCUT2D eigenvalue weighted by Crippen LogP contribution is -2.40. The Balaban J connectivity index is 1.89. The SMILES string of the molecule is CS(=O)(=O)N1CCCC(CC2CSCC2Cl)C1. The minimum Gasteiger partial charge on any atom is -0.213 e. The smallest absolute Gasteiger partial charge is 0.211 e. The molecule has 0 aliphatic carbocycles. The predicted octanol–water partition coefficient (Wildman–Crippen LogP) is 2.02. The zero-order valence-corrected chi connectivity index (χ0v) is 12.5. The molecule has 0 spiro atoms. The maximum atomic E-state index is 11.5. The highest BCUT2D eigenvalue weighted by Crippen LogP contribution is 2.35. The van der Waals surface area contributed by atoms with E-state index in [1.807, 2.05) is 11.8 Å². The number of piperidine rings is 1. The molecule has 3 nitrogen and oxygen atoms in total. The van der Waals surface area contributed by atoms with Crippen LogP contribution in [0.25, 0.3) is 0 Å². The molecule has 2 saturated heterocycles. The van der Waals surface area contributed by atoms with Crippen molar-refractivity contribution in [3.8, 4) is 0 Å². The Morgan fingerprint density at radius 3 is 2.76 bits per heavy atom. The molecule has 0 aromatic carbocycles.